The molecule has 0 spiro atoms. The van der Waals surface area contributed by atoms with Crippen molar-refractivity contribution in [1.82, 2.24) is 19.5 Å². The molecule has 1 saturated heterocycles. The molecular formula is C19H31N5O. The summed E-state index contributed by atoms with van der Waals surface area (Å²) in [5.74, 6) is 2.22. The number of hydrogen-bond acceptors (Lipinski definition) is 5. The highest BCUT2D eigenvalue weighted by Gasteiger charge is 2.22. The molecule has 25 heavy (non-hydrogen) atoms. The van der Waals surface area contributed by atoms with E-state index in [1.807, 2.05) is 16.8 Å². The molecule has 138 valence electrons. The number of anilines is 1. The van der Waals surface area contributed by atoms with Gasteiger partial charge in [0.05, 0.1) is 12.8 Å². The molecule has 2 aromatic rings. The van der Waals surface area contributed by atoms with Crippen LogP contribution in [0.25, 0.3) is 5.65 Å². The van der Waals surface area contributed by atoms with Crippen molar-refractivity contribution >= 4 is 11.5 Å². The Balaban J connectivity index is 1.73. The SMILES string of the molecule is COCCN1CCC[C@H](CN(C)c2cc(C(C)C)nc3ccnn23)C1. The van der Waals surface area contributed by atoms with Gasteiger partial charge in [-0.2, -0.15) is 9.61 Å². The van der Waals surface area contributed by atoms with E-state index >= 15 is 0 Å². The van der Waals surface area contributed by atoms with Crippen LogP contribution in [-0.4, -0.2) is 66.4 Å². The highest BCUT2D eigenvalue weighted by molar-refractivity contribution is 5.51. The maximum absolute atomic E-state index is 5.23. The average molecular weight is 345 g/mol. The average Bonchev–Trinajstić information content (AvgIpc) is 3.07. The smallest absolute Gasteiger partial charge is 0.157 e. The normalized spacial score (nSPS) is 19.0. The van der Waals surface area contributed by atoms with Gasteiger partial charge in [-0.05, 0) is 31.2 Å². The van der Waals surface area contributed by atoms with Crippen molar-refractivity contribution in [3.63, 3.8) is 0 Å². The van der Waals surface area contributed by atoms with Crippen LogP contribution in [0.1, 0.15) is 38.3 Å². The van der Waals surface area contributed by atoms with Crippen molar-refractivity contribution in [2.75, 3.05) is 51.8 Å². The van der Waals surface area contributed by atoms with Crippen molar-refractivity contribution in [1.29, 1.82) is 0 Å². The van der Waals surface area contributed by atoms with Crippen LogP contribution in [0.3, 0.4) is 0 Å². The summed E-state index contributed by atoms with van der Waals surface area (Å²) in [6, 6.07) is 4.17. The highest BCUT2D eigenvalue weighted by atomic mass is 16.5. The van der Waals surface area contributed by atoms with E-state index in [1.54, 1.807) is 7.11 Å². The van der Waals surface area contributed by atoms with E-state index in [4.69, 9.17) is 9.72 Å². The van der Waals surface area contributed by atoms with Crippen LogP contribution < -0.4 is 4.90 Å². The maximum Gasteiger partial charge on any atom is 0.157 e. The maximum atomic E-state index is 5.23. The molecule has 6 heteroatoms. The lowest BCUT2D eigenvalue weighted by atomic mass is 9.97. The molecule has 0 N–H and O–H groups in total. The van der Waals surface area contributed by atoms with E-state index < -0.39 is 0 Å². The van der Waals surface area contributed by atoms with Crippen molar-refractivity contribution in [3.05, 3.63) is 24.0 Å². The molecule has 0 unspecified atom stereocenters. The number of ether oxygens (including phenoxy) is 1. The van der Waals surface area contributed by atoms with Gasteiger partial charge in [0, 0.05) is 51.6 Å². The number of nitrogens with zero attached hydrogens (tertiary/aromatic N) is 5. The van der Waals surface area contributed by atoms with Crippen LogP contribution in [0.5, 0.6) is 0 Å². The predicted molar refractivity (Wildman–Crippen MR) is 101 cm³/mol. The first kappa shape index (κ1) is 18.1. The Morgan fingerprint density at radius 2 is 2.24 bits per heavy atom. The number of hydrogen-bond donors (Lipinski definition) is 0. The lowest BCUT2D eigenvalue weighted by molar-refractivity contribution is 0.116. The molecule has 6 nitrogen and oxygen atoms in total. The van der Waals surface area contributed by atoms with E-state index in [0.717, 1.165) is 43.4 Å². The first-order valence-corrected chi connectivity index (χ1v) is 9.35. The molecule has 0 bridgehead atoms. The lowest BCUT2D eigenvalue weighted by Gasteiger charge is -2.35. The summed E-state index contributed by atoms with van der Waals surface area (Å²) in [4.78, 5) is 9.60. The third-order valence-electron chi connectivity index (χ3n) is 5.09. The molecule has 0 aliphatic carbocycles. The largest absolute Gasteiger partial charge is 0.383 e. The first-order chi connectivity index (χ1) is 12.1. The van der Waals surface area contributed by atoms with Gasteiger partial charge in [0.15, 0.2) is 5.65 Å². The minimum Gasteiger partial charge on any atom is -0.383 e. The molecule has 0 aromatic carbocycles. The van der Waals surface area contributed by atoms with Crippen LogP contribution >= 0.6 is 0 Å². The molecule has 3 heterocycles. The van der Waals surface area contributed by atoms with Gasteiger partial charge < -0.3 is 14.5 Å². The molecule has 1 atom stereocenters. The van der Waals surface area contributed by atoms with E-state index in [-0.39, 0.29) is 0 Å². The third kappa shape index (κ3) is 4.30. The summed E-state index contributed by atoms with van der Waals surface area (Å²) in [5.41, 5.74) is 2.05. The molecule has 1 fully saturated rings. The van der Waals surface area contributed by atoms with Gasteiger partial charge in [-0.25, -0.2) is 4.98 Å². The zero-order valence-corrected chi connectivity index (χ0v) is 16.0. The van der Waals surface area contributed by atoms with E-state index in [9.17, 15) is 0 Å². The van der Waals surface area contributed by atoms with Crippen molar-refractivity contribution in [3.8, 4) is 0 Å². The highest BCUT2D eigenvalue weighted by Crippen LogP contribution is 2.24. The summed E-state index contributed by atoms with van der Waals surface area (Å²) in [6.45, 7) is 9.62. The summed E-state index contributed by atoms with van der Waals surface area (Å²) in [6.07, 6.45) is 4.39. The minimum absolute atomic E-state index is 0.409. The molecule has 0 radical (unpaired) electrons. The van der Waals surface area contributed by atoms with Crippen molar-refractivity contribution in [2.24, 2.45) is 5.92 Å². The van der Waals surface area contributed by atoms with Gasteiger partial charge >= 0.3 is 0 Å². The summed E-state index contributed by atoms with van der Waals surface area (Å²) >= 11 is 0. The Hall–Kier alpha value is -1.66. The van der Waals surface area contributed by atoms with Crippen LogP contribution in [0.4, 0.5) is 5.82 Å². The predicted octanol–water partition coefficient (Wildman–Crippen LogP) is 2.65. The number of rotatable bonds is 7. The fourth-order valence-electron chi connectivity index (χ4n) is 3.69. The Morgan fingerprint density at radius 3 is 3.00 bits per heavy atom. The van der Waals surface area contributed by atoms with Crippen molar-refractivity contribution < 1.29 is 4.74 Å². The Morgan fingerprint density at radius 1 is 1.40 bits per heavy atom. The Labute approximate surface area is 150 Å². The molecule has 0 amide bonds. The molecule has 2 aromatic heterocycles. The number of likely N-dealkylation sites (tertiary alicyclic amines) is 1. The molecule has 0 saturated carbocycles. The Kier molecular flexibility index (Phi) is 5.91. The fraction of sp³-hybridized carbons (Fsp3) is 0.684. The van der Waals surface area contributed by atoms with Gasteiger partial charge in [0.25, 0.3) is 0 Å². The second-order valence-corrected chi connectivity index (χ2v) is 7.48. The number of aromatic nitrogens is 3. The lowest BCUT2D eigenvalue weighted by Crippen LogP contribution is -2.41. The Bertz CT molecular complexity index is 684. The number of piperidine rings is 1. The number of fused-ring (bicyclic) bond motifs is 1. The number of methoxy groups -OCH3 is 1. The zero-order chi connectivity index (χ0) is 17.8. The summed E-state index contributed by atoms with van der Waals surface area (Å²) < 4.78 is 7.19. The van der Waals surface area contributed by atoms with Crippen LogP contribution in [0.15, 0.2) is 18.3 Å². The van der Waals surface area contributed by atoms with Crippen molar-refractivity contribution in [2.45, 2.75) is 32.6 Å². The monoisotopic (exact) mass is 345 g/mol. The molecule has 1 aliphatic heterocycles. The quantitative estimate of drug-likeness (QED) is 0.772. The third-order valence-corrected chi connectivity index (χ3v) is 5.09. The minimum atomic E-state index is 0.409. The summed E-state index contributed by atoms with van der Waals surface area (Å²) in [7, 11) is 3.95. The van der Waals surface area contributed by atoms with Gasteiger partial charge in [0.2, 0.25) is 0 Å². The standard InChI is InChI=1S/C19H31N5O/c1-15(2)17-12-19(24-18(21-17)7-8-20-24)22(3)13-16-6-5-9-23(14-16)10-11-25-4/h7-8,12,15-16H,5-6,9-11,13-14H2,1-4H3/t16-/m1/s1. The fourth-order valence-corrected chi connectivity index (χ4v) is 3.69. The van der Waals surface area contributed by atoms with Gasteiger partial charge in [-0.3, -0.25) is 0 Å². The second-order valence-electron chi connectivity index (χ2n) is 7.48. The van der Waals surface area contributed by atoms with E-state index in [1.165, 1.54) is 19.4 Å². The van der Waals surface area contributed by atoms with E-state index in [0.29, 0.717) is 11.8 Å². The second kappa shape index (κ2) is 8.15. The molecule has 1 aliphatic rings. The summed E-state index contributed by atoms with van der Waals surface area (Å²) in [5, 5.41) is 4.47. The van der Waals surface area contributed by atoms with Crippen LogP contribution in [0.2, 0.25) is 0 Å². The molecular weight excluding hydrogens is 314 g/mol. The zero-order valence-electron chi connectivity index (χ0n) is 16.0. The first-order valence-electron chi connectivity index (χ1n) is 9.35. The molecule has 3 rings (SSSR count). The topological polar surface area (TPSA) is 45.9 Å². The van der Waals surface area contributed by atoms with Crippen LogP contribution in [0, 0.1) is 5.92 Å². The van der Waals surface area contributed by atoms with E-state index in [2.05, 4.69) is 41.9 Å². The van der Waals surface area contributed by atoms with Gasteiger partial charge in [-0.1, -0.05) is 13.8 Å². The van der Waals surface area contributed by atoms with Gasteiger partial charge in [-0.15, -0.1) is 0 Å². The van der Waals surface area contributed by atoms with Gasteiger partial charge in [0.1, 0.15) is 5.82 Å². The van der Waals surface area contributed by atoms with Crippen LogP contribution in [-0.2, 0) is 4.74 Å².